The predicted molar refractivity (Wildman–Crippen MR) is 480 cm³/mol. The minimum absolute atomic E-state index is 0.103. The lowest BCUT2D eigenvalue weighted by Gasteiger charge is -2.29. The molecule has 2 amide bonds. The summed E-state index contributed by atoms with van der Waals surface area (Å²) in [6.45, 7) is 25.0. The Labute approximate surface area is 741 Å². The first-order chi connectivity index (χ1) is 60.6. The van der Waals surface area contributed by atoms with Crippen LogP contribution in [0.1, 0.15) is 149 Å². The largest absolute Gasteiger partial charge is 0.489 e. The Morgan fingerprint density at radius 3 is 1.19 bits per heavy atom. The highest BCUT2D eigenvalue weighted by molar-refractivity contribution is 6.33. The van der Waals surface area contributed by atoms with E-state index in [1.54, 1.807) is 111 Å². The molecule has 0 bridgehead atoms. The number of nitriles is 3. The highest BCUT2D eigenvalue weighted by atomic mass is 35.5. The number of benzene rings is 2. The van der Waals surface area contributed by atoms with E-state index in [9.17, 15) is 45.1 Å². The van der Waals surface area contributed by atoms with Gasteiger partial charge in [-0.15, -0.1) is 0 Å². The first kappa shape index (κ1) is 87.6. The lowest BCUT2D eigenvalue weighted by atomic mass is 9.96. The average molecular weight is 1740 g/mol. The van der Waals surface area contributed by atoms with Gasteiger partial charge in [0.1, 0.15) is 78.5 Å². The fraction of sp³-hybridized carbons (Fsp3) is 0.402. The molecule has 2 aromatic carbocycles. The second-order valence-corrected chi connectivity index (χ2v) is 38.2. The lowest BCUT2D eigenvalue weighted by Crippen LogP contribution is -2.45. The average Bonchev–Trinajstić information content (AvgIpc) is 1.64. The lowest BCUT2D eigenvalue weighted by molar-refractivity contribution is 0.0280. The molecule has 6 aliphatic rings. The normalized spacial score (nSPS) is 21.7. The molecule has 3 aliphatic carbocycles. The number of carbonyl (C=O) groups is 2. The highest BCUT2D eigenvalue weighted by Gasteiger charge is 2.51. The molecule has 0 spiro atoms. The Morgan fingerprint density at radius 2 is 0.858 bits per heavy atom. The van der Waals surface area contributed by atoms with Crippen molar-refractivity contribution in [1.82, 2.24) is 64.7 Å². The molecule has 13 heterocycles. The number of aliphatic hydroxyl groups is 3. The molecule has 3 saturated carbocycles. The third-order valence-corrected chi connectivity index (χ3v) is 25.5. The summed E-state index contributed by atoms with van der Waals surface area (Å²) >= 11 is 6.25. The minimum Gasteiger partial charge on any atom is -0.489 e. The molecular formula is C97H105ClFN19O9. The number of aromatic nitrogens is 10. The summed E-state index contributed by atoms with van der Waals surface area (Å²) in [7, 11) is 1.63. The Bertz CT molecular complexity index is 6180. The predicted octanol–water partition coefficient (Wildman–Crippen LogP) is 14.2. The van der Waals surface area contributed by atoms with Crippen molar-refractivity contribution in [2.75, 3.05) is 80.9 Å². The SMILES string of the molecule is CC(C)(O)COc1cc(-c2ccc(N3CC4CC(C)(NC(=O)c5ccccc5Cl)CC4C3)nc2)c2c(C#N)cnn2c1.COc1ccc(CNC2(C)CC3CN(c4ccc(-c5cc(OCC(C)(C)O)cn6ncc(C#N)c56)cn4)CC3C2)cn1.Cc1ccc(F)cc1C(=O)NC1(C)CC2CN(c3ccc(-c4cc(OCC(C)(C)O)cn5ncc(C#N)c45)cn3)CC2C1. The topological polar surface area (TPSA) is 352 Å². The molecule has 3 saturated heterocycles. The fourth-order valence-corrected chi connectivity index (χ4v) is 19.6. The van der Waals surface area contributed by atoms with Gasteiger partial charge in [-0.1, -0.05) is 35.9 Å². The van der Waals surface area contributed by atoms with Crippen LogP contribution in [0.15, 0.2) is 171 Å². The highest BCUT2D eigenvalue weighted by Crippen LogP contribution is 2.49. The van der Waals surface area contributed by atoms with E-state index in [0.717, 1.165) is 146 Å². The molecule has 12 aromatic rings. The molecule has 6 unspecified atom stereocenters. The van der Waals surface area contributed by atoms with Crippen molar-refractivity contribution in [3.05, 3.63) is 221 Å². The van der Waals surface area contributed by atoms with Gasteiger partial charge in [0.2, 0.25) is 5.88 Å². The first-order valence-corrected chi connectivity index (χ1v) is 43.3. The number of methoxy groups -OCH3 is 1. The monoisotopic (exact) mass is 1730 g/mol. The second-order valence-electron chi connectivity index (χ2n) is 37.8. The quantitative estimate of drug-likeness (QED) is 0.0346. The molecule has 18 rings (SSSR count). The number of nitrogens with one attached hydrogen (secondary N) is 3. The first-order valence-electron chi connectivity index (χ1n) is 42.9. The van der Waals surface area contributed by atoms with E-state index in [-0.39, 0.29) is 48.3 Å². The fourth-order valence-electron chi connectivity index (χ4n) is 19.4. The zero-order chi connectivity index (χ0) is 89.7. The van der Waals surface area contributed by atoms with Crippen molar-refractivity contribution < 1.29 is 48.2 Å². The number of hydrogen-bond donors (Lipinski definition) is 6. The number of rotatable bonds is 23. The second kappa shape index (κ2) is 35.2. The molecule has 6 atom stereocenters. The van der Waals surface area contributed by atoms with Crippen molar-refractivity contribution in [3.8, 4) is 74.7 Å². The van der Waals surface area contributed by atoms with Crippen LogP contribution in [-0.2, 0) is 6.54 Å². The third-order valence-electron chi connectivity index (χ3n) is 25.2. The molecular weight excluding hydrogens is 1630 g/mol. The summed E-state index contributed by atoms with van der Waals surface area (Å²) in [6, 6.07) is 39.8. The van der Waals surface area contributed by atoms with Crippen molar-refractivity contribution >= 4 is 57.4 Å². The number of pyridine rings is 7. The van der Waals surface area contributed by atoms with Crippen LogP contribution in [0, 0.1) is 82.2 Å². The van der Waals surface area contributed by atoms with E-state index in [4.69, 9.17) is 45.5 Å². The van der Waals surface area contributed by atoms with Gasteiger partial charge in [-0.25, -0.2) is 37.9 Å². The van der Waals surface area contributed by atoms with E-state index in [1.165, 1.54) is 24.5 Å². The Kier molecular flexibility index (Phi) is 24.3. The van der Waals surface area contributed by atoms with Crippen LogP contribution in [0.4, 0.5) is 21.8 Å². The van der Waals surface area contributed by atoms with Crippen LogP contribution in [0.5, 0.6) is 23.1 Å². The number of fused-ring (bicyclic) bond motifs is 6. The van der Waals surface area contributed by atoms with Crippen molar-refractivity contribution in [2.24, 2.45) is 35.5 Å². The van der Waals surface area contributed by atoms with Crippen molar-refractivity contribution in [1.29, 1.82) is 15.8 Å². The van der Waals surface area contributed by atoms with Gasteiger partial charge >= 0.3 is 0 Å². The van der Waals surface area contributed by atoms with E-state index in [0.29, 0.717) is 108 Å². The third kappa shape index (κ3) is 19.7. The number of halogens is 2. The minimum atomic E-state index is -1.00. The van der Waals surface area contributed by atoms with E-state index < -0.39 is 22.6 Å². The maximum atomic E-state index is 13.8. The Balaban J connectivity index is 0.000000140. The molecule has 3 aliphatic heterocycles. The summed E-state index contributed by atoms with van der Waals surface area (Å²) < 4.78 is 41.4. The Hall–Kier alpha value is -12.8. The zero-order valence-electron chi connectivity index (χ0n) is 73.1. The van der Waals surface area contributed by atoms with E-state index >= 15 is 0 Å². The number of aryl methyl sites for hydroxylation is 1. The number of ether oxygens (including phenoxy) is 4. The van der Waals surface area contributed by atoms with Gasteiger partial charge in [-0.2, -0.15) is 31.1 Å². The molecule has 28 nitrogen and oxygen atoms in total. The van der Waals surface area contributed by atoms with Gasteiger partial charge in [0.05, 0.1) is 105 Å². The maximum Gasteiger partial charge on any atom is 0.253 e. The zero-order valence-corrected chi connectivity index (χ0v) is 73.9. The standard InChI is InChI=1S/C33H35FN6O3.C32H33ClN6O3.C32H37N7O3/c1-20-5-7-25(34)9-27(20)31(41)38-33(4)11-22-16-39(17-23(22)12-33)29-8-6-21(14-36-29)28-10-26(43-19-32(2,3)42)18-40-30(28)24(13-35)15-37-40;1-31(2,41)19-42-24-10-26(29-23(13-34)15-36-39(29)18-24)20-8-9-28(35-14-20)38-16-21-11-32(3,12-22(21)17-38)37-30(40)25-6-4-5-7-27(25)33;1-31(2,40)20-42-26-9-27(30-25(12-33)16-37-39(30)19-26)22-6-7-28(34-15-22)38-17-23-10-32(3,11-24(23)18-38)36-14-21-5-8-29(41-4)35-13-21/h5-10,14-15,18,22-23,42H,11-12,16-17,19H2,1-4H3,(H,38,41);4-10,14-15,18,21-22,41H,11-12,16-17,19H2,1-3H3,(H,37,40);5-9,13,15-16,19,23-24,36,40H,10-11,14,17-18,20H2,1-4H3. The summed E-state index contributed by atoms with van der Waals surface area (Å²) in [4.78, 5) is 51.7. The van der Waals surface area contributed by atoms with Crippen molar-refractivity contribution in [3.63, 3.8) is 0 Å². The van der Waals surface area contributed by atoms with Crippen LogP contribution in [0.2, 0.25) is 5.02 Å². The van der Waals surface area contributed by atoms with Gasteiger partial charge in [-0.05, 0) is 233 Å². The Morgan fingerprint density at radius 1 is 0.488 bits per heavy atom. The summed E-state index contributed by atoms with van der Waals surface area (Å²) in [5, 5.41) is 83.1. The molecule has 6 fully saturated rings. The van der Waals surface area contributed by atoms with Crippen LogP contribution in [-0.4, -0.2) is 176 Å². The van der Waals surface area contributed by atoms with Gasteiger partial charge < -0.3 is 64.9 Å². The van der Waals surface area contributed by atoms with Gasteiger partial charge in [0.15, 0.2) is 0 Å². The number of nitrogens with zero attached hydrogens (tertiary/aromatic N) is 16. The number of carbonyl (C=O) groups excluding carboxylic acids is 2. The molecule has 0 radical (unpaired) electrons. The van der Waals surface area contributed by atoms with Crippen LogP contribution in [0.3, 0.4) is 0 Å². The molecule has 127 heavy (non-hydrogen) atoms. The summed E-state index contributed by atoms with van der Waals surface area (Å²) in [5.41, 5.74) is 7.63. The molecule has 10 aromatic heterocycles. The maximum absolute atomic E-state index is 13.8. The number of hydrogen-bond acceptors (Lipinski definition) is 23. The summed E-state index contributed by atoms with van der Waals surface area (Å²) in [6.07, 6.45) is 22.9. The molecule has 656 valence electrons. The molecule has 6 N–H and O–H groups in total. The number of anilines is 3. The van der Waals surface area contributed by atoms with Crippen LogP contribution in [0.25, 0.3) is 49.9 Å². The van der Waals surface area contributed by atoms with Gasteiger partial charge in [0.25, 0.3) is 11.8 Å². The van der Waals surface area contributed by atoms with Crippen molar-refractivity contribution in [2.45, 2.75) is 148 Å². The molecule has 30 heteroatoms. The number of amides is 2. The summed E-state index contributed by atoms with van der Waals surface area (Å²) in [5.74, 6) is 7.19. The van der Waals surface area contributed by atoms with Crippen LogP contribution < -0.4 is 49.6 Å². The smallest absolute Gasteiger partial charge is 0.253 e. The van der Waals surface area contributed by atoms with E-state index in [1.807, 2.05) is 92.2 Å². The van der Waals surface area contributed by atoms with E-state index in [2.05, 4.69) is 102 Å². The van der Waals surface area contributed by atoms with Gasteiger partial charge in [-0.3, -0.25) is 9.59 Å². The van der Waals surface area contributed by atoms with Gasteiger partial charge in [0, 0.05) is 132 Å². The van der Waals surface area contributed by atoms with Crippen LogP contribution >= 0.6 is 11.6 Å².